The Morgan fingerprint density at radius 1 is 0.960 bits per heavy atom. The van der Waals surface area contributed by atoms with E-state index in [0.29, 0.717) is 23.6 Å². The number of rotatable bonds is 3. The average molecular weight is 341 g/mol. The fourth-order valence-corrected chi connectivity index (χ4v) is 4.99. The molecule has 3 fully saturated rings. The second-order valence-electron chi connectivity index (χ2n) is 7.84. The minimum Gasteiger partial charge on any atom is -0.349 e. The standard InChI is InChI=1S/C20H27N3O2/c24-19(14-8-10-21-11-9-14)22-16-12-17-6-7-18(13-16)23(17)20(25)15-4-2-1-3-5-15/h8-11,15-18H,1-7,12-13H2,(H,22,24)/t16?,17-,18+. The molecule has 0 spiro atoms. The summed E-state index contributed by atoms with van der Waals surface area (Å²) in [5, 5.41) is 3.17. The van der Waals surface area contributed by atoms with Gasteiger partial charge in [-0.3, -0.25) is 14.6 Å². The van der Waals surface area contributed by atoms with E-state index < -0.39 is 0 Å². The molecule has 1 unspecified atom stereocenters. The van der Waals surface area contributed by atoms with Crippen LogP contribution in [0.1, 0.15) is 68.1 Å². The van der Waals surface area contributed by atoms with Crippen molar-refractivity contribution in [3.63, 3.8) is 0 Å². The Kier molecular flexibility index (Phi) is 4.73. The van der Waals surface area contributed by atoms with Gasteiger partial charge in [-0.25, -0.2) is 0 Å². The zero-order valence-corrected chi connectivity index (χ0v) is 14.7. The van der Waals surface area contributed by atoms with Crippen LogP contribution in [0.5, 0.6) is 0 Å². The highest BCUT2D eigenvalue weighted by atomic mass is 16.2. The zero-order chi connectivity index (χ0) is 17.2. The third kappa shape index (κ3) is 3.42. The molecule has 1 saturated carbocycles. The number of nitrogens with zero attached hydrogens (tertiary/aromatic N) is 2. The first-order chi connectivity index (χ1) is 12.2. The number of amides is 2. The Balaban J connectivity index is 1.38. The van der Waals surface area contributed by atoms with Crippen molar-refractivity contribution in [2.75, 3.05) is 0 Å². The van der Waals surface area contributed by atoms with E-state index in [0.717, 1.165) is 38.5 Å². The minimum atomic E-state index is -0.0288. The highest BCUT2D eigenvalue weighted by Gasteiger charge is 2.45. The van der Waals surface area contributed by atoms with Gasteiger partial charge in [0.2, 0.25) is 5.91 Å². The summed E-state index contributed by atoms with van der Waals surface area (Å²) in [7, 11) is 0. The van der Waals surface area contributed by atoms with Crippen molar-refractivity contribution in [3.8, 4) is 0 Å². The third-order valence-electron chi connectivity index (χ3n) is 6.22. The lowest BCUT2D eigenvalue weighted by Gasteiger charge is -2.41. The molecule has 1 aromatic rings. The number of nitrogens with one attached hydrogen (secondary N) is 1. The van der Waals surface area contributed by atoms with Crippen LogP contribution in [-0.2, 0) is 4.79 Å². The predicted octanol–water partition coefficient (Wildman–Crippen LogP) is 2.91. The Labute approximate surface area is 149 Å². The van der Waals surface area contributed by atoms with E-state index in [1.807, 2.05) is 0 Å². The molecule has 2 bridgehead atoms. The lowest BCUT2D eigenvalue weighted by atomic mass is 9.86. The summed E-state index contributed by atoms with van der Waals surface area (Å²) in [6, 6.07) is 4.29. The van der Waals surface area contributed by atoms with Gasteiger partial charge in [0.25, 0.3) is 5.91 Å². The van der Waals surface area contributed by atoms with E-state index >= 15 is 0 Å². The molecule has 0 radical (unpaired) electrons. The molecule has 1 aliphatic carbocycles. The molecule has 25 heavy (non-hydrogen) atoms. The van der Waals surface area contributed by atoms with Crippen molar-refractivity contribution in [3.05, 3.63) is 30.1 Å². The first-order valence-corrected chi connectivity index (χ1v) is 9.75. The number of carbonyl (C=O) groups is 2. The molecule has 3 atom stereocenters. The van der Waals surface area contributed by atoms with Gasteiger partial charge in [-0.05, 0) is 50.7 Å². The Morgan fingerprint density at radius 3 is 2.24 bits per heavy atom. The number of piperidine rings is 1. The second kappa shape index (κ2) is 7.14. The van der Waals surface area contributed by atoms with Gasteiger partial charge in [-0.1, -0.05) is 19.3 Å². The summed E-state index contributed by atoms with van der Waals surface area (Å²) in [5.41, 5.74) is 0.656. The van der Waals surface area contributed by atoms with Crippen LogP contribution >= 0.6 is 0 Å². The van der Waals surface area contributed by atoms with Crippen LogP contribution in [0.4, 0.5) is 0 Å². The van der Waals surface area contributed by atoms with Crippen molar-refractivity contribution in [1.82, 2.24) is 15.2 Å². The number of hydrogen-bond donors (Lipinski definition) is 1. The van der Waals surface area contributed by atoms with Crippen molar-refractivity contribution < 1.29 is 9.59 Å². The number of pyridine rings is 1. The van der Waals surface area contributed by atoms with E-state index in [1.165, 1.54) is 19.3 Å². The largest absolute Gasteiger partial charge is 0.349 e. The number of aromatic nitrogens is 1. The van der Waals surface area contributed by atoms with Gasteiger partial charge in [-0.15, -0.1) is 0 Å². The van der Waals surface area contributed by atoms with Gasteiger partial charge < -0.3 is 10.2 Å². The van der Waals surface area contributed by atoms with Crippen molar-refractivity contribution >= 4 is 11.8 Å². The van der Waals surface area contributed by atoms with Gasteiger partial charge in [0.15, 0.2) is 0 Å². The van der Waals surface area contributed by atoms with E-state index in [-0.39, 0.29) is 17.9 Å². The Hall–Kier alpha value is -1.91. The molecular formula is C20H27N3O2. The molecule has 4 rings (SSSR count). The lowest BCUT2D eigenvalue weighted by Crippen LogP contribution is -2.54. The fraction of sp³-hybridized carbons (Fsp3) is 0.650. The van der Waals surface area contributed by atoms with Crippen molar-refractivity contribution in [2.24, 2.45) is 5.92 Å². The molecule has 1 aromatic heterocycles. The highest BCUT2D eigenvalue weighted by molar-refractivity contribution is 5.94. The molecular weight excluding hydrogens is 314 g/mol. The molecule has 2 amide bonds. The monoisotopic (exact) mass is 341 g/mol. The second-order valence-corrected chi connectivity index (χ2v) is 7.84. The molecule has 3 aliphatic rings. The van der Waals surface area contributed by atoms with Crippen LogP contribution in [0.15, 0.2) is 24.5 Å². The summed E-state index contributed by atoms with van der Waals surface area (Å²) in [5.74, 6) is 0.616. The molecule has 2 aliphatic heterocycles. The number of fused-ring (bicyclic) bond motifs is 2. The fourth-order valence-electron chi connectivity index (χ4n) is 4.99. The minimum absolute atomic E-state index is 0.0288. The molecule has 134 valence electrons. The lowest BCUT2D eigenvalue weighted by molar-refractivity contribution is -0.141. The Morgan fingerprint density at radius 2 is 1.60 bits per heavy atom. The number of carbonyl (C=O) groups excluding carboxylic acids is 2. The molecule has 3 heterocycles. The van der Waals surface area contributed by atoms with Crippen LogP contribution < -0.4 is 5.32 Å². The first kappa shape index (κ1) is 16.6. The maximum atomic E-state index is 13.0. The van der Waals surface area contributed by atoms with Crippen LogP contribution in [-0.4, -0.2) is 39.8 Å². The average Bonchev–Trinajstić information content (AvgIpc) is 2.93. The highest BCUT2D eigenvalue weighted by Crippen LogP contribution is 2.38. The maximum absolute atomic E-state index is 13.0. The van der Waals surface area contributed by atoms with Crippen LogP contribution in [0.3, 0.4) is 0 Å². The summed E-state index contributed by atoms with van der Waals surface area (Å²) in [4.78, 5) is 31.5. The van der Waals surface area contributed by atoms with Gasteiger partial charge in [0.1, 0.15) is 0 Å². The van der Waals surface area contributed by atoms with E-state index in [1.54, 1.807) is 24.5 Å². The van der Waals surface area contributed by atoms with Crippen molar-refractivity contribution in [1.29, 1.82) is 0 Å². The van der Waals surface area contributed by atoms with E-state index in [9.17, 15) is 9.59 Å². The molecule has 0 aromatic carbocycles. The molecule has 2 saturated heterocycles. The normalized spacial score (nSPS) is 29.4. The molecule has 5 heteroatoms. The summed E-state index contributed by atoms with van der Waals surface area (Å²) in [6.45, 7) is 0. The van der Waals surface area contributed by atoms with Crippen LogP contribution in [0.25, 0.3) is 0 Å². The number of hydrogen-bond acceptors (Lipinski definition) is 3. The van der Waals surface area contributed by atoms with E-state index in [4.69, 9.17) is 0 Å². The summed E-state index contributed by atoms with van der Waals surface area (Å²) in [6.07, 6.45) is 13.1. The third-order valence-corrected chi connectivity index (χ3v) is 6.22. The van der Waals surface area contributed by atoms with Gasteiger partial charge in [-0.2, -0.15) is 0 Å². The van der Waals surface area contributed by atoms with Gasteiger partial charge >= 0.3 is 0 Å². The van der Waals surface area contributed by atoms with E-state index in [2.05, 4.69) is 15.2 Å². The Bertz CT molecular complexity index is 613. The molecule has 5 nitrogen and oxygen atoms in total. The summed E-state index contributed by atoms with van der Waals surface area (Å²) < 4.78 is 0. The maximum Gasteiger partial charge on any atom is 0.251 e. The van der Waals surface area contributed by atoms with Crippen molar-refractivity contribution in [2.45, 2.75) is 75.9 Å². The smallest absolute Gasteiger partial charge is 0.251 e. The zero-order valence-electron chi connectivity index (χ0n) is 14.7. The van der Waals surface area contributed by atoms with Gasteiger partial charge in [0.05, 0.1) is 0 Å². The van der Waals surface area contributed by atoms with Crippen LogP contribution in [0, 0.1) is 5.92 Å². The topological polar surface area (TPSA) is 62.3 Å². The van der Waals surface area contributed by atoms with Crippen LogP contribution in [0.2, 0.25) is 0 Å². The van der Waals surface area contributed by atoms with Gasteiger partial charge in [0, 0.05) is 42.0 Å². The first-order valence-electron chi connectivity index (χ1n) is 9.75. The SMILES string of the molecule is O=C(NC1C[C@H]2CC[C@@H](C1)N2C(=O)C1CCCCC1)c1ccncc1. The summed E-state index contributed by atoms with van der Waals surface area (Å²) >= 11 is 0. The molecule has 1 N–H and O–H groups in total. The quantitative estimate of drug-likeness (QED) is 0.919. The predicted molar refractivity (Wildman–Crippen MR) is 95.0 cm³/mol.